The highest BCUT2D eigenvalue weighted by molar-refractivity contribution is 5.84. The Kier molecular flexibility index (Phi) is 4.32. The number of rotatable bonds is 3. The van der Waals surface area contributed by atoms with Crippen LogP contribution in [0.5, 0.6) is 0 Å². The van der Waals surface area contributed by atoms with Crippen molar-refractivity contribution in [2.45, 2.75) is 44.8 Å². The van der Waals surface area contributed by atoms with Crippen molar-refractivity contribution in [1.82, 2.24) is 15.0 Å². The van der Waals surface area contributed by atoms with Gasteiger partial charge in [-0.15, -0.1) is 0 Å². The molecule has 2 N–H and O–H groups in total. The van der Waals surface area contributed by atoms with Gasteiger partial charge in [0.1, 0.15) is 0 Å². The lowest BCUT2D eigenvalue weighted by atomic mass is 9.93. The molecule has 1 aliphatic rings. The van der Waals surface area contributed by atoms with E-state index in [1.807, 2.05) is 31.5 Å². The van der Waals surface area contributed by atoms with Gasteiger partial charge in [-0.05, 0) is 56.4 Å². The first-order valence-corrected chi connectivity index (χ1v) is 8.82. The number of aliphatic hydroxyl groups is 1. The molecule has 0 bridgehead atoms. The number of pyridine rings is 1. The van der Waals surface area contributed by atoms with E-state index in [0.717, 1.165) is 53.4 Å². The molecule has 2 aromatic heterocycles. The highest BCUT2D eigenvalue weighted by atomic mass is 16.3. The van der Waals surface area contributed by atoms with Crippen molar-refractivity contribution in [3.63, 3.8) is 0 Å². The van der Waals surface area contributed by atoms with Crippen molar-refractivity contribution in [2.24, 2.45) is 0 Å². The van der Waals surface area contributed by atoms with Crippen LogP contribution in [0.2, 0.25) is 0 Å². The van der Waals surface area contributed by atoms with Crippen molar-refractivity contribution in [1.29, 1.82) is 0 Å². The molecule has 0 atom stereocenters. The summed E-state index contributed by atoms with van der Waals surface area (Å²) in [6.45, 7) is 2.02. The average molecular weight is 334 g/mol. The predicted octanol–water partition coefficient (Wildman–Crippen LogP) is 3.72. The van der Waals surface area contributed by atoms with Crippen LogP contribution in [0, 0.1) is 6.92 Å². The van der Waals surface area contributed by atoms with E-state index in [2.05, 4.69) is 38.5 Å². The highest BCUT2D eigenvalue weighted by Crippen LogP contribution is 2.26. The molecule has 128 valence electrons. The van der Waals surface area contributed by atoms with E-state index >= 15 is 0 Å². The molecule has 0 unspecified atom stereocenters. The van der Waals surface area contributed by atoms with E-state index in [1.54, 1.807) is 0 Å². The maximum atomic E-state index is 9.61. The van der Waals surface area contributed by atoms with Gasteiger partial charge in [-0.25, -0.2) is 9.97 Å². The number of hydrogen-bond donors (Lipinski definition) is 2. The number of benzene rings is 1. The van der Waals surface area contributed by atoms with Crippen LogP contribution in [0.4, 0.5) is 5.95 Å². The third kappa shape index (κ3) is 3.46. The predicted molar refractivity (Wildman–Crippen MR) is 99.4 cm³/mol. The largest absolute Gasteiger partial charge is 0.393 e. The SMILES string of the molecule is Cc1ncccc1-c1ccc2nc(N[C@H]3CC[C@H](O)CC3)ncc2c1. The van der Waals surface area contributed by atoms with E-state index in [1.165, 1.54) is 0 Å². The number of aryl methyl sites for hydroxylation is 1. The molecule has 25 heavy (non-hydrogen) atoms. The number of anilines is 1. The van der Waals surface area contributed by atoms with Gasteiger partial charge in [-0.3, -0.25) is 4.98 Å². The summed E-state index contributed by atoms with van der Waals surface area (Å²) in [6, 6.07) is 10.6. The van der Waals surface area contributed by atoms with Gasteiger partial charge in [-0.1, -0.05) is 12.1 Å². The molecule has 0 radical (unpaired) electrons. The minimum atomic E-state index is -0.148. The first-order valence-electron chi connectivity index (χ1n) is 8.82. The smallest absolute Gasteiger partial charge is 0.223 e. The molecule has 2 heterocycles. The second-order valence-corrected chi connectivity index (χ2v) is 6.75. The fourth-order valence-electron chi connectivity index (χ4n) is 3.46. The summed E-state index contributed by atoms with van der Waals surface area (Å²) in [5.74, 6) is 0.666. The van der Waals surface area contributed by atoms with Crippen molar-refractivity contribution in [3.05, 3.63) is 48.4 Å². The molecule has 4 rings (SSSR count). The Morgan fingerprint density at radius 3 is 2.72 bits per heavy atom. The Hall–Kier alpha value is -2.53. The Bertz CT molecular complexity index is 888. The summed E-state index contributed by atoms with van der Waals surface area (Å²) in [5, 5.41) is 14.0. The maximum Gasteiger partial charge on any atom is 0.223 e. The first kappa shape index (κ1) is 16.0. The molecule has 5 nitrogen and oxygen atoms in total. The normalized spacial score (nSPS) is 20.6. The number of nitrogens with one attached hydrogen (secondary N) is 1. The summed E-state index contributed by atoms with van der Waals surface area (Å²) >= 11 is 0. The van der Waals surface area contributed by atoms with Gasteiger partial charge in [0.25, 0.3) is 0 Å². The molecule has 1 fully saturated rings. The fraction of sp³-hybridized carbons (Fsp3) is 0.350. The molecule has 0 amide bonds. The van der Waals surface area contributed by atoms with Gasteiger partial charge in [0.05, 0.1) is 11.6 Å². The number of fused-ring (bicyclic) bond motifs is 1. The quantitative estimate of drug-likeness (QED) is 0.764. The van der Waals surface area contributed by atoms with Gasteiger partial charge in [0.15, 0.2) is 0 Å². The third-order valence-electron chi connectivity index (χ3n) is 4.93. The molecular weight excluding hydrogens is 312 g/mol. The topological polar surface area (TPSA) is 70.9 Å². The Morgan fingerprint density at radius 2 is 1.92 bits per heavy atom. The lowest BCUT2D eigenvalue weighted by Gasteiger charge is -2.26. The molecule has 1 aromatic carbocycles. The van der Waals surface area contributed by atoms with Crippen LogP contribution in [0.1, 0.15) is 31.4 Å². The summed E-state index contributed by atoms with van der Waals surface area (Å²) in [7, 11) is 0. The Labute approximate surface area is 147 Å². The molecule has 0 saturated heterocycles. The van der Waals surface area contributed by atoms with E-state index in [4.69, 9.17) is 0 Å². The first-order chi connectivity index (χ1) is 12.2. The van der Waals surface area contributed by atoms with Gasteiger partial charge < -0.3 is 10.4 Å². The van der Waals surface area contributed by atoms with Gasteiger partial charge in [0.2, 0.25) is 5.95 Å². The van der Waals surface area contributed by atoms with Crippen molar-refractivity contribution in [2.75, 3.05) is 5.32 Å². The average Bonchev–Trinajstić information content (AvgIpc) is 2.64. The van der Waals surface area contributed by atoms with E-state index in [9.17, 15) is 5.11 Å². The van der Waals surface area contributed by atoms with Crippen LogP contribution >= 0.6 is 0 Å². The van der Waals surface area contributed by atoms with Gasteiger partial charge in [0, 0.05) is 35.1 Å². The third-order valence-corrected chi connectivity index (χ3v) is 4.93. The number of aromatic nitrogens is 3. The van der Waals surface area contributed by atoms with Crippen molar-refractivity contribution < 1.29 is 5.11 Å². The monoisotopic (exact) mass is 334 g/mol. The summed E-state index contributed by atoms with van der Waals surface area (Å²) < 4.78 is 0. The van der Waals surface area contributed by atoms with Crippen LogP contribution < -0.4 is 5.32 Å². The zero-order valence-electron chi connectivity index (χ0n) is 14.3. The highest BCUT2D eigenvalue weighted by Gasteiger charge is 2.19. The Balaban J connectivity index is 1.58. The second kappa shape index (κ2) is 6.76. The van der Waals surface area contributed by atoms with Crippen LogP contribution in [0.25, 0.3) is 22.0 Å². The summed E-state index contributed by atoms with van der Waals surface area (Å²) in [4.78, 5) is 13.5. The molecule has 5 heteroatoms. The second-order valence-electron chi connectivity index (χ2n) is 6.75. The molecule has 3 aromatic rings. The fourth-order valence-corrected chi connectivity index (χ4v) is 3.46. The van der Waals surface area contributed by atoms with E-state index < -0.39 is 0 Å². The lowest BCUT2D eigenvalue weighted by molar-refractivity contribution is 0.126. The van der Waals surface area contributed by atoms with Crippen LogP contribution in [0.15, 0.2) is 42.7 Å². The minimum Gasteiger partial charge on any atom is -0.393 e. The molecule has 1 aliphatic carbocycles. The summed E-state index contributed by atoms with van der Waals surface area (Å²) in [5.41, 5.74) is 4.20. The van der Waals surface area contributed by atoms with Crippen molar-refractivity contribution >= 4 is 16.9 Å². The minimum absolute atomic E-state index is 0.148. The molecule has 1 saturated carbocycles. The standard InChI is InChI=1S/C20H22N4O/c1-13-18(3-2-10-21-13)14-4-9-19-15(11-14)12-22-20(24-19)23-16-5-7-17(25)8-6-16/h2-4,9-12,16-17,25H,5-8H2,1H3,(H,22,23,24)/t16-,17-. The zero-order chi connectivity index (χ0) is 17.2. The van der Waals surface area contributed by atoms with Gasteiger partial charge in [-0.2, -0.15) is 0 Å². The van der Waals surface area contributed by atoms with E-state index in [-0.39, 0.29) is 6.10 Å². The Morgan fingerprint density at radius 1 is 1.08 bits per heavy atom. The van der Waals surface area contributed by atoms with Crippen molar-refractivity contribution in [3.8, 4) is 11.1 Å². The van der Waals surface area contributed by atoms with Crippen LogP contribution in [0.3, 0.4) is 0 Å². The van der Waals surface area contributed by atoms with Crippen LogP contribution in [-0.4, -0.2) is 32.2 Å². The number of hydrogen-bond acceptors (Lipinski definition) is 5. The van der Waals surface area contributed by atoms with Crippen LogP contribution in [-0.2, 0) is 0 Å². The zero-order valence-corrected chi connectivity index (χ0v) is 14.3. The molecule has 0 aliphatic heterocycles. The number of aliphatic hydroxyl groups excluding tert-OH is 1. The summed E-state index contributed by atoms with van der Waals surface area (Å²) in [6.07, 6.45) is 7.15. The lowest BCUT2D eigenvalue weighted by Crippen LogP contribution is -2.28. The van der Waals surface area contributed by atoms with E-state index in [0.29, 0.717) is 12.0 Å². The molecular formula is C20H22N4O. The maximum absolute atomic E-state index is 9.61. The number of nitrogens with zero attached hydrogens (tertiary/aromatic N) is 3. The molecule has 0 spiro atoms. The van der Waals surface area contributed by atoms with Gasteiger partial charge >= 0.3 is 0 Å².